The molecule has 17 heavy (non-hydrogen) atoms. The first-order valence-electron chi connectivity index (χ1n) is 5.53. The molecule has 2 rings (SSSR count). The predicted octanol–water partition coefficient (Wildman–Crippen LogP) is 1.13. The number of nitriles is 1. The summed E-state index contributed by atoms with van der Waals surface area (Å²) >= 11 is 0. The summed E-state index contributed by atoms with van der Waals surface area (Å²) in [5.41, 5.74) is 0.372. The fourth-order valence-corrected chi connectivity index (χ4v) is 1.90. The van der Waals surface area contributed by atoms with Gasteiger partial charge in [0.2, 0.25) is 0 Å². The smallest absolute Gasteiger partial charge is 0.183 e. The summed E-state index contributed by atoms with van der Waals surface area (Å²) in [6.45, 7) is 5.78. The highest BCUT2D eigenvalue weighted by atomic mass is 16.5. The van der Waals surface area contributed by atoms with Gasteiger partial charge < -0.3 is 9.64 Å². The average Bonchev–Trinajstić information content (AvgIpc) is 2.85. The summed E-state index contributed by atoms with van der Waals surface area (Å²) in [4.78, 5) is 10.3. The fourth-order valence-electron chi connectivity index (χ4n) is 1.90. The van der Waals surface area contributed by atoms with Gasteiger partial charge in [-0.25, -0.2) is 9.97 Å². The molecule has 0 amide bonds. The molecule has 1 aromatic rings. The molecular weight excluding hydrogens is 216 g/mol. The molecule has 1 saturated heterocycles. The number of hydrogen-bond donors (Lipinski definition) is 0. The monoisotopic (exact) mass is 230 g/mol. The quantitative estimate of drug-likeness (QED) is 0.725. The van der Waals surface area contributed by atoms with Crippen LogP contribution in [-0.2, 0) is 4.74 Å². The third kappa shape index (κ3) is 2.60. The van der Waals surface area contributed by atoms with Gasteiger partial charge >= 0.3 is 0 Å². The molecule has 0 aliphatic carbocycles. The Morgan fingerprint density at radius 2 is 2.41 bits per heavy atom. The molecule has 1 atom stereocenters. The van der Waals surface area contributed by atoms with Crippen molar-refractivity contribution in [3.8, 4) is 6.07 Å². The van der Waals surface area contributed by atoms with E-state index in [-0.39, 0.29) is 6.10 Å². The van der Waals surface area contributed by atoms with Crippen LogP contribution in [0.4, 0.5) is 5.82 Å². The zero-order chi connectivity index (χ0) is 12.1. The van der Waals surface area contributed by atoms with Gasteiger partial charge in [-0.2, -0.15) is 5.26 Å². The largest absolute Gasteiger partial charge is 0.372 e. The molecule has 0 spiro atoms. The van der Waals surface area contributed by atoms with Crippen LogP contribution in [0.2, 0.25) is 0 Å². The first kappa shape index (κ1) is 11.6. The third-order valence-corrected chi connectivity index (χ3v) is 2.68. The topological polar surface area (TPSA) is 62.0 Å². The molecule has 0 aromatic carbocycles. The van der Waals surface area contributed by atoms with Crippen LogP contribution in [0.3, 0.4) is 0 Å². The molecule has 0 radical (unpaired) electrons. The van der Waals surface area contributed by atoms with Crippen molar-refractivity contribution in [1.29, 1.82) is 5.26 Å². The predicted molar refractivity (Wildman–Crippen MR) is 63.5 cm³/mol. The number of nitrogens with zero attached hydrogens (tertiary/aromatic N) is 4. The summed E-state index contributed by atoms with van der Waals surface area (Å²) < 4.78 is 5.59. The lowest BCUT2D eigenvalue weighted by Gasteiger charge is -2.17. The highest BCUT2D eigenvalue weighted by Gasteiger charge is 2.25. The van der Waals surface area contributed by atoms with Gasteiger partial charge in [0, 0.05) is 25.5 Å². The number of hydrogen-bond acceptors (Lipinski definition) is 5. The van der Waals surface area contributed by atoms with Crippen LogP contribution in [0.15, 0.2) is 25.0 Å². The van der Waals surface area contributed by atoms with E-state index in [4.69, 9.17) is 10.00 Å². The lowest BCUT2D eigenvalue weighted by Crippen LogP contribution is -2.24. The number of anilines is 1. The second kappa shape index (κ2) is 5.41. The van der Waals surface area contributed by atoms with Crippen LogP contribution >= 0.6 is 0 Å². The van der Waals surface area contributed by atoms with Crippen molar-refractivity contribution in [3.63, 3.8) is 0 Å². The van der Waals surface area contributed by atoms with Crippen LogP contribution in [0, 0.1) is 11.3 Å². The maximum atomic E-state index is 8.96. The van der Waals surface area contributed by atoms with Gasteiger partial charge in [-0.1, -0.05) is 6.08 Å². The van der Waals surface area contributed by atoms with E-state index in [0.29, 0.717) is 18.1 Å². The summed E-state index contributed by atoms with van der Waals surface area (Å²) in [5.74, 6) is 0.653. The lowest BCUT2D eigenvalue weighted by molar-refractivity contribution is 0.0909. The Labute approximate surface area is 100 Å². The van der Waals surface area contributed by atoms with Gasteiger partial charge in [-0.15, -0.1) is 6.58 Å². The second-order valence-corrected chi connectivity index (χ2v) is 3.82. The molecule has 2 heterocycles. The Hall–Kier alpha value is -1.93. The van der Waals surface area contributed by atoms with Crippen molar-refractivity contribution in [1.82, 2.24) is 9.97 Å². The van der Waals surface area contributed by atoms with Gasteiger partial charge in [0.05, 0.1) is 12.7 Å². The van der Waals surface area contributed by atoms with E-state index in [1.165, 1.54) is 6.20 Å². The molecule has 1 aromatic heterocycles. The minimum atomic E-state index is 0.182. The molecule has 0 N–H and O–H groups in total. The van der Waals surface area contributed by atoms with E-state index >= 15 is 0 Å². The van der Waals surface area contributed by atoms with Gasteiger partial charge in [0.1, 0.15) is 6.07 Å². The van der Waals surface area contributed by atoms with Crippen molar-refractivity contribution >= 4 is 5.82 Å². The average molecular weight is 230 g/mol. The van der Waals surface area contributed by atoms with Crippen molar-refractivity contribution in [3.05, 3.63) is 30.7 Å². The molecular formula is C12H14N4O. The molecule has 0 saturated carbocycles. The van der Waals surface area contributed by atoms with Gasteiger partial charge in [0.25, 0.3) is 0 Å². The SMILES string of the molecule is C=CCOC1CCN(c2nccnc2C#N)C1. The van der Waals surface area contributed by atoms with Crippen LogP contribution in [0.25, 0.3) is 0 Å². The Bertz CT molecular complexity index is 440. The van der Waals surface area contributed by atoms with E-state index in [0.717, 1.165) is 19.5 Å². The zero-order valence-electron chi connectivity index (χ0n) is 9.54. The maximum absolute atomic E-state index is 8.96. The molecule has 1 aliphatic heterocycles. The minimum absolute atomic E-state index is 0.182. The standard InChI is InChI=1S/C12H14N4O/c1-2-7-17-10-3-6-16(9-10)12-11(8-13)14-4-5-15-12/h2,4-5,10H,1,3,6-7,9H2. The minimum Gasteiger partial charge on any atom is -0.372 e. The van der Waals surface area contributed by atoms with Crippen LogP contribution in [0.5, 0.6) is 0 Å². The normalized spacial score (nSPS) is 19.0. The van der Waals surface area contributed by atoms with Crippen LogP contribution in [0.1, 0.15) is 12.1 Å². The van der Waals surface area contributed by atoms with E-state index in [1.54, 1.807) is 12.3 Å². The molecule has 5 nitrogen and oxygen atoms in total. The van der Waals surface area contributed by atoms with Gasteiger partial charge in [-0.3, -0.25) is 0 Å². The number of aromatic nitrogens is 2. The van der Waals surface area contributed by atoms with Crippen molar-refractivity contribution in [2.45, 2.75) is 12.5 Å². The van der Waals surface area contributed by atoms with E-state index < -0.39 is 0 Å². The fraction of sp³-hybridized carbons (Fsp3) is 0.417. The Balaban J connectivity index is 2.05. The van der Waals surface area contributed by atoms with Crippen molar-refractivity contribution in [2.24, 2.45) is 0 Å². The van der Waals surface area contributed by atoms with Gasteiger partial charge in [0.15, 0.2) is 11.5 Å². The lowest BCUT2D eigenvalue weighted by atomic mass is 10.3. The Morgan fingerprint density at radius 1 is 1.59 bits per heavy atom. The second-order valence-electron chi connectivity index (χ2n) is 3.82. The summed E-state index contributed by atoms with van der Waals surface area (Å²) in [6, 6.07) is 2.06. The summed E-state index contributed by atoms with van der Waals surface area (Å²) in [6.07, 6.45) is 6.00. The first-order chi connectivity index (χ1) is 8.35. The number of rotatable bonds is 4. The maximum Gasteiger partial charge on any atom is 0.183 e. The summed E-state index contributed by atoms with van der Waals surface area (Å²) in [5, 5.41) is 8.96. The van der Waals surface area contributed by atoms with Crippen molar-refractivity contribution in [2.75, 3.05) is 24.6 Å². The Morgan fingerprint density at radius 3 is 3.18 bits per heavy atom. The van der Waals surface area contributed by atoms with Gasteiger partial charge in [-0.05, 0) is 6.42 Å². The highest BCUT2D eigenvalue weighted by molar-refractivity contribution is 5.50. The summed E-state index contributed by atoms with van der Waals surface area (Å²) in [7, 11) is 0. The molecule has 1 fully saturated rings. The zero-order valence-corrected chi connectivity index (χ0v) is 9.54. The molecule has 1 aliphatic rings. The third-order valence-electron chi connectivity index (χ3n) is 2.68. The van der Waals surface area contributed by atoms with E-state index in [9.17, 15) is 0 Å². The van der Waals surface area contributed by atoms with E-state index in [1.807, 2.05) is 4.90 Å². The molecule has 5 heteroatoms. The van der Waals surface area contributed by atoms with Crippen molar-refractivity contribution < 1.29 is 4.74 Å². The molecule has 88 valence electrons. The molecule has 0 bridgehead atoms. The first-order valence-corrected chi connectivity index (χ1v) is 5.53. The molecule has 1 unspecified atom stereocenters. The van der Waals surface area contributed by atoms with Crippen LogP contribution < -0.4 is 4.90 Å². The van der Waals surface area contributed by atoms with Crippen LogP contribution in [-0.4, -0.2) is 35.8 Å². The van der Waals surface area contributed by atoms with E-state index in [2.05, 4.69) is 22.6 Å². The number of ether oxygens (including phenoxy) is 1. The highest BCUT2D eigenvalue weighted by Crippen LogP contribution is 2.21. The Kier molecular flexibility index (Phi) is 3.68.